The quantitative estimate of drug-likeness (QED) is 0.687. The Morgan fingerprint density at radius 1 is 1.40 bits per heavy atom. The molecule has 0 spiro atoms. The average molecular weight is 338 g/mol. The van der Waals surface area contributed by atoms with Gasteiger partial charge >= 0.3 is 0 Å². The summed E-state index contributed by atoms with van der Waals surface area (Å²) < 4.78 is 1.95. The Hall–Kier alpha value is -2.15. The molecule has 0 saturated carbocycles. The maximum atomic E-state index is 11.9. The summed E-state index contributed by atoms with van der Waals surface area (Å²) >= 11 is 3.17. The van der Waals surface area contributed by atoms with E-state index in [0.29, 0.717) is 15.7 Å². The second kappa shape index (κ2) is 5.87. The molecule has 7 heteroatoms. The summed E-state index contributed by atoms with van der Waals surface area (Å²) in [6.45, 7) is 0.281. The third-order valence-electron chi connectivity index (χ3n) is 2.85. The van der Waals surface area contributed by atoms with E-state index in [1.54, 1.807) is 37.5 Å². The van der Waals surface area contributed by atoms with Crippen molar-refractivity contribution in [2.24, 2.45) is 0 Å². The van der Waals surface area contributed by atoms with Crippen molar-refractivity contribution >= 4 is 27.3 Å². The maximum Gasteiger partial charge on any atom is 0.292 e. The molecule has 0 aliphatic rings. The zero-order valence-corrected chi connectivity index (χ0v) is 12.3. The van der Waals surface area contributed by atoms with Crippen LogP contribution in [0.2, 0.25) is 0 Å². The molecule has 0 bridgehead atoms. The van der Waals surface area contributed by atoms with Crippen LogP contribution in [-0.4, -0.2) is 16.5 Å². The molecule has 0 unspecified atom stereocenters. The second-order valence-electron chi connectivity index (χ2n) is 4.15. The van der Waals surface area contributed by atoms with Crippen LogP contribution < -0.4 is 10.9 Å². The van der Waals surface area contributed by atoms with Crippen LogP contribution in [0.25, 0.3) is 0 Å². The van der Waals surface area contributed by atoms with Gasteiger partial charge in [0.1, 0.15) is 5.69 Å². The van der Waals surface area contributed by atoms with E-state index in [2.05, 4.69) is 21.2 Å². The van der Waals surface area contributed by atoms with Crippen LogP contribution in [0.4, 0.5) is 11.4 Å². The highest BCUT2D eigenvalue weighted by Gasteiger charge is 2.13. The van der Waals surface area contributed by atoms with Crippen molar-refractivity contribution in [2.45, 2.75) is 6.54 Å². The standard InChI is InChI=1S/C13H12BrN3O3/c1-15-11-5-4-9(7-12(11)17(19)20)8-16-6-2-3-10(14)13(16)18/h2-7,15H,8H2,1H3. The number of hydrogen-bond donors (Lipinski definition) is 1. The fourth-order valence-corrected chi connectivity index (χ4v) is 2.25. The number of nitrogens with one attached hydrogen (secondary N) is 1. The van der Waals surface area contributed by atoms with Gasteiger partial charge in [-0.15, -0.1) is 0 Å². The summed E-state index contributed by atoms with van der Waals surface area (Å²) in [7, 11) is 1.63. The van der Waals surface area contributed by atoms with E-state index in [1.165, 1.54) is 10.6 Å². The molecule has 20 heavy (non-hydrogen) atoms. The highest BCUT2D eigenvalue weighted by atomic mass is 79.9. The molecule has 1 aromatic heterocycles. The first kappa shape index (κ1) is 14.3. The van der Waals surface area contributed by atoms with Gasteiger partial charge in [-0.1, -0.05) is 6.07 Å². The number of nitro groups is 1. The predicted molar refractivity (Wildman–Crippen MR) is 80.1 cm³/mol. The smallest absolute Gasteiger partial charge is 0.292 e. The minimum absolute atomic E-state index is 0.00644. The van der Waals surface area contributed by atoms with Gasteiger partial charge in [-0.05, 0) is 39.7 Å². The van der Waals surface area contributed by atoms with E-state index < -0.39 is 4.92 Å². The summed E-state index contributed by atoms with van der Waals surface area (Å²) in [5.74, 6) is 0. The highest BCUT2D eigenvalue weighted by Crippen LogP contribution is 2.25. The van der Waals surface area contributed by atoms with Crippen LogP contribution in [0.15, 0.2) is 45.8 Å². The summed E-state index contributed by atoms with van der Waals surface area (Å²) in [6.07, 6.45) is 1.64. The van der Waals surface area contributed by atoms with Gasteiger partial charge in [0.2, 0.25) is 0 Å². The number of rotatable bonds is 4. The summed E-state index contributed by atoms with van der Waals surface area (Å²) in [5.41, 5.74) is 0.956. The molecule has 1 N–H and O–H groups in total. The zero-order valence-electron chi connectivity index (χ0n) is 10.7. The third-order valence-corrected chi connectivity index (χ3v) is 3.46. The van der Waals surface area contributed by atoms with Crippen molar-refractivity contribution in [1.29, 1.82) is 0 Å². The van der Waals surface area contributed by atoms with E-state index in [9.17, 15) is 14.9 Å². The van der Waals surface area contributed by atoms with Crippen LogP contribution >= 0.6 is 15.9 Å². The van der Waals surface area contributed by atoms with Crippen LogP contribution in [0, 0.1) is 10.1 Å². The molecular formula is C13H12BrN3O3. The lowest BCUT2D eigenvalue weighted by molar-refractivity contribution is -0.384. The molecule has 6 nitrogen and oxygen atoms in total. The normalized spacial score (nSPS) is 10.3. The van der Waals surface area contributed by atoms with Crippen molar-refractivity contribution in [1.82, 2.24) is 4.57 Å². The van der Waals surface area contributed by atoms with Crippen LogP contribution in [0.3, 0.4) is 0 Å². The number of nitro benzene ring substituents is 1. The molecule has 0 fully saturated rings. The Morgan fingerprint density at radius 2 is 2.15 bits per heavy atom. The molecule has 104 valence electrons. The number of aromatic nitrogens is 1. The molecule has 1 aromatic carbocycles. The monoisotopic (exact) mass is 337 g/mol. The first-order chi connectivity index (χ1) is 9.52. The van der Waals surface area contributed by atoms with Gasteiger partial charge in [0.05, 0.1) is 15.9 Å². The van der Waals surface area contributed by atoms with E-state index in [-0.39, 0.29) is 17.8 Å². The Morgan fingerprint density at radius 3 is 2.80 bits per heavy atom. The summed E-state index contributed by atoms with van der Waals surface area (Å²) in [6, 6.07) is 8.26. The topological polar surface area (TPSA) is 77.2 Å². The van der Waals surface area contributed by atoms with Gasteiger partial charge in [-0.3, -0.25) is 14.9 Å². The largest absolute Gasteiger partial charge is 0.383 e. The van der Waals surface area contributed by atoms with Crippen molar-refractivity contribution in [3.8, 4) is 0 Å². The van der Waals surface area contributed by atoms with Crippen molar-refractivity contribution in [2.75, 3.05) is 12.4 Å². The Labute approximate surface area is 123 Å². The molecule has 0 saturated heterocycles. The van der Waals surface area contributed by atoms with Crippen molar-refractivity contribution in [3.05, 3.63) is 67.0 Å². The maximum absolute atomic E-state index is 11.9. The van der Waals surface area contributed by atoms with Crippen LogP contribution in [0.1, 0.15) is 5.56 Å². The van der Waals surface area contributed by atoms with Crippen LogP contribution in [0.5, 0.6) is 0 Å². The number of nitrogens with zero attached hydrogens (tertiary/aromatic N) is 2. The second-order valence-corrected chi connectivity index (χ2v) is 5.00. The third kappa shape index (κ3) is 2.88. The number of benzene rings is 1. The first-order valence-electron chi connectivity index (χ1n) is 5.83. The van der Waals surface area contributed by atoms with Gasteiger partial charge in [0, 0.05) is 19.3 Å². The molecule has 0 amide bonds. The first-order valence-corrected chi connectivity index (χ1v) is 6.62. The minimum Gasteiger partial charge on any atom is -0.383 e. The molecule has 2 rings (SSSR count). The Kier molecular flexibility index (Phi) is 4.19. The Balaban J connectivity index is 2.39. The van der Waals surface area contributed by atoms with Gasteiger partial charge < -0.3 is 9.88 Å². The number of pyridine rings is 1. The average Bonchev–Trinajstić information content (AvgIpc) is 2.43. The molecule has 1 heterocycles. The molecule has 2 aromatic rings. The van der Waals surface area contributed by atoms with Crippen molar-refractivity contribution < 1.29 is 4.92 Å². The van der Waals surface area contributed by atoms with Gasteiger partial charge in [-0.25, -0.2) is 0 Å². The fraction of sp³-hybridized carbons (Fsp3) is 0.154. The SMILES string of the molecule is CNc1ccc(Cn2cccc(Br)c2=O)cc1[N+](=O)[O-]. The lowest BCUT2D eigenvalue weighted by atomic mass is 10.1. The zero-order chi connectivity index (χ0) is 14.7. The number of hydrogen-bond acceptors (Lipinski definition) is 4. The Bertz CT molecular complexity index is 712. The van der Waals surface area contributed by atoms with Gasteiger partial charge in [-0.2, -0.15) is 0 Å². The molecule has 0 atom stereocenters. The van der Waals surface area contributed by atoms with E-state index in [4.69, 9.17) is 0 Å². The fourth-order valence-electron chi connectivity index (χ4n) is 1.87. The molecule has 0 aliphatic heterocycles. The van der Waals surface area contributed by atoms with E-state index in [0.717, 1.165) is 0 Å². The number of anilines is 1. The lowest BCUT2D eigenvalue weighted by Crippen LogP contribution is -2.20. The van der Waals surface area contributed by atoms with Gasteiger partial charge in [0.25, 0.3) is 11.2 Å². The van der Waals surface area contributed by atoms with Gasteiger partial charge in [0.15, 0.2) is 0 Å². The number of halogens is 1. The predicted octanol–water partition coefficient (Wildman–Crippen LogP) is 2.61. The molecule has 0 aliphatic carbocycles. The summed E-state index contributed by atoms with van der Waals surface area (Å²) in [5, 5.41) is 13.8. The van der Waals surface area contributed by atoms with Crippen molar-refractivity contribution in [3.63, 3.8) is 0 Å². The molecule has 0 radical (unpaired) electrons. The highest BCUT2D eigenvalue weighted by molar-refractivity contribution is 9.10. The van der Waals surface area contributed by atoms with Crippen LogP contribution in [-0.2, 0) is 6.54 Å². The minimum atomic E-state index is -0.445. The molecular weight excluding hydrogens is 326 g/mol. The van der Waals surface area contributed by atoms with E-state index >= 15 is 0 Å². The van der Waals surface area contributed by atoms with E-state index in [1.807, 2.05) is 0 Å². The lowest BCUT2D eigenvalue weighted by Gasteiger charge is -2.08. The summed E-state index contributed by atoms with van der Waals surface area (Å²) in [4.78, 5) is 22.4.